The second kappa shape index (κ2) is 5.17. The van der Waals surface area contributed by atoms with Gasteiger partial charge < -0.3 is 15.5 Å². The molecule has 0 saturated heterocycles. The van der Waals surface area contributed by atoms with Crippen molar-refractivity contribution in [3.05, 3.63) is 58.2 Å². The molecule has 4 N–H and O–H groups in total. The number of aromatic nitrogens is 3. The summed E-state index contributed by atoms with van der Waals surface area (Å²) in [6, 6.07) is 8.43. The lowest BCUT2D eigenvalue weighted by atomic mass is 9.84. The van der Waals surface area contributed by atoms with Gasteiger partial charge >= 0.3 is 0 Å². The number of fused-ring (bicyclic) bond motifs is 2. The molecule has 0 amide bonds. The van der Waals surface area contributed by atoms with E-state index >= 15 is 0 Å². The van der Waals surface area contributed by atoms with E-state index in [4.69, 9.17) is 10.5 Å². The molecule has 0 saturated carbocycles. The molecule has 120 valence electrons. The van der Waals surface area contributed by atoms with Crippen molar-refractivity contribution in [2.45, 2.75) is 26.2 Å². The maximum absolute atomic E-state index is 9.65. The lowest BCUT2D eigenvalue weighted by Crippen LogP contribution is -2.20. The summed E-state index contributed by atoms with van der Waals surface area (Å²) in [5, 5.41) is 17.8. The minimum Gasteiger partial charge on any atom is -0.420 e. The molecule has 3 aromatic rings. The summed E-state index contributed by atoms with van der Waals surface area (Å²) in [5.74, 6) is 0.260. The van der Waals surface area contributed by atoms with Gasteiger partial charge in [0.15, 0.2) is 0 Å². The van der Waals surface area contributed by atoms with E-state index in [2.05, 4.69) is 40.3 Å². The fraction of sp³-hybridized carbons (Fsp3) is 0.222. The smallest absolute Gasteiger partial charge is 0.244 e. The van der Waals surface area contributed by atoms with Gasteiger partial charge in [0.05, 0.1) is 5.92 Å². The molecule has 1 atom stereocenters. The number of benzene rings is 1. The van der Waals surface area contributed by atoms with Crippen LogP contribution in [0.3, 0.4) is 0 Å². The number of aromatic amines is 2. The summed E-state index contributed by atoms with van der Waals surface area (Å²) in [5.41, 5.74) is 11.5. The molecular weight excluding hydrogens is 302 g/mol. The van der Waals surface area contributed by atoms with Crippen LogP contribution >= 0.6 is 0 Å². The molecule has 0 aliphatic carbocycles. The third-order valence-corrected chi connectivity index (χ3v) is 4.66. The average Bonchev–Trinajstić information content (AvgIpc) is 3.17. The average molecular weight is 319 g/mol. The van der Waals surface area contributed by atoms with E-state index in [-0.39, 0.29) is 11.8 Å². The van der Waals surface area contributed by atoms with Crippen LogP contribution in [-0.4, -0.2) is 15.2 Å². The number of aryl methyl sites for hydroxylation is 2. The van der Waals surface area contributed by atoms with Crippen molar-refractivity contribution in [1.82, 2.24) is 15.2 Å². The van der Waals surface area contributed by atoms with Gasteiger partial charge in [0.2, 0.25) is 11.8 Å². The van der Waals surface area contributed by atoms with E-state index in [1.54, 1.807) is 0 Å². The first kappa shape index (κ1) is 14.4. The van der Waals surface area contributed by atoms with Crippen LogP contribution in [0.5, 0.6) is 5.88 Å². The van der Waals surface area contributed by atoms with E-state index in [1.807, 2.05) is 19.2 Å². The number of hydrogen-bond donors (Lipinski definition) is 3. The van der Waals surface area contributed by atoms with Gasteiger partial charge in [-0.2, -0.15) is 5.26 Å². The molecule has 2 aromatic heterocycles. The van der Waals surface area contributed by atoms with Crippen molar-refractivity contribution in [2.24, 2.45) is 5.73 Å². The SMILES string of the molecule is CCc1cccc2c(C3C(C#N)=C(N)Oc4n[nH]c(C)c43)c[nH]c12. The first-order valence-corrected chi connectivity index (χ1v) is 7.87. The van der Waals surface area contributed by atoms with Gasteiger partial charge in [-0.3, -0.25) is 5.10 Å². The maximum Gasteiger partial charge on any atom is 0.244 e. The second-order valence-corrected chi connectivity index (χ2v) is 5.93. The second-order valence-electron chi connectivity index (χ2n) is 5.93. The monoisotopic (exact) mass is 319 g/mol. The number of nitrogens with one attached hydrogen (secondary N) is 2. The first-order valence-electron chi connectivity index (χ1n) is 7.87. The normalized spacial score (nSPS) is 16.8. The lowest BCUT2D eigenvalue weighted by molar-refractivity contribution is 0.379. The minimum absolute atomic E-state index is 0.113. The Hall–Kier alpha value is -3.20. The van der Waals surface area contributed by atoms with Crippen LogP contribution in [0.25, 0.3) is 10.9 Å². The fourth-order valence-electron chi connectivity index (χ4n) is 3.48. The molecule has 6 heteroatoms. The van der Waals surface area contributed by atoms with Crippen molar-refractivity contribution in [2.75, 3.05) is 0 Å². The van der Waals surface area contributed by atoms with Crippen molar-refractivity contribution in [1.29, 1.82) is 5.26 Å². The number of ether oxygens (including phenoxy) is 1. The van der Waals surface area contributed by atoms with Crippen molar-refractivity contribution in [3.63, 3.8) is 0 Å². The maximum atomic E-state index is 9.65. The molecular formula is C18H17N5O. The number of H-pyrrole nitrogens is 2. The molecule has 1 unspecified atom stereocenters. The Morgan fingerprint density at radius 3 is 3.00 bits per heavy atom. The van der Waals surface area contributed by atoms with Gasteiger partial charge in [-0.05, 0) is 24.5 Å². The fourth-order valence-corrected chi connectivity index (χ4v) is 3.48. The summed E-state index contributed by atoms with van der Waals surface area (Å²) in [7, 11) is 0. The molecule has 0 spiro atoms. The number of nitrogens with zero attached hydrogens (tertiary/aromatic N) is 2. The number of para-hydroxylation sites is 1. The molecule has 1 aromatic carbocycles. The molecule has 6 nitrogen and oxygen atoms in total. The molecule has 0 fully saturated rings. The van der Waals surface area contributed by atoms with E-state index in [1.165, 1.54) is 5.56 Å². The van der Waals surface area contributed by atoms with Crippen LogP contribution in [-0.2, 0) is 6.42 Å². The van der Waals surface area contributed by atoms with Crippen LogP contribution in [0.15, 0.2) is 35.9 Å². The van der Waals surface area contributed by atoms with Gasteiger partial charge in [0.25, 0.3) is 0 Å². The van der Waals surface area contributed by atoms with E-state index in [0.717, 1.165) is 34.1 Å². The zero-order valence-electron chi connectivity index (χ0n) is 13.5. The van der Waals surface area contributed by atoms with Gasteiger partial charge in [-0.15, -0.1) is 5.10 Å². The summed E-state index contributed by atoms with van der Waals surface area (Å²) >= 11 is 0. The molecule has 0 radical (unpaired) electrons. The highest BCUT2D eigenvalue weighted by Gasteiger charge is 2.35. The van der Waals surface area contributed by atoms with Crippen molar-refractivity contribution >= 4 is 10.9 Å². The quantitative estimate of drug-likeness (QED) is 0.675. The minimum atomic E-state index is -0.293. The topological polar surface area (TPSA) is 104 Å². The van der Waals surface area contributed by atoms with E-state index < -0.39 is 0 Å². The molecule has 1 aliphatic heterocycles. The third-order valence-electron chi connectivity index (χ3n) is 4.66. The Balaban J connectivity index is 2.02. The van der Waals surface area contributed by atoms with Crippen LogP contribution in [0.4, 0.5) is 0 Å². The summed E-state index contributed by atoms with van der Waals surface area (Å²) < 4.78 is 5.52. The lowest BCUT2D eigenvalue weighted by Gasteiger charge is -2.23. The zero-order chi connectivity index (χ0) is 16.8. The van der Waals surface area contributed by atoms with Crippen LogP contribution in [0, 0.1) is 18.3 Å². The number of hydrogen-bond acceptors (Lipinski definition) is 4. The largest absolute Gasteiger partial charge is 0.420 e. The number of rotatable bonds is 2. The zero-order valence-corrected chi connectivity index (χ0v) is 13.5. The predicted octanol–water partition coefficient (Wildman–Crippen LogP) is 2.98. The Morgan fingerprint density at radius 2 is 2.25 bits per heavy atom. The molecule has 1 aliphatic rings. The molecule has 4 rings (SSSR count). The predicted molar refractivity (Wildman–Crippen MR) is 90.3 cm³/mol. The third kappa shape index (κ3) is 1.85. The van der Waals surface area contributed by atoms with Crippen LogP contribution in [0.1, 0.15) is 35.2 Å². The molecule has 3 heterocycles. The van der Waals surface area contributed by atoms with Crippen molar-refractivity contribution in [3.8, 4) is 11.9 Å². The molecule has 0 bridgehead atoms. The van der Waals surface area contributed by atoms with Crippen LogP contribution < -0.4 is 10.5 Å². The van der Waals surface area contributed by atoms with E-state index in [0.29, 0.717) is 11.5 Å². The standard InChI is InChI=1S/C18H17N5O/c1-3-10-5-4-6-11-13(8-21-16(10)11)15-12(7-19)17(20)24-18-14(15)9(2)22-23-18/h4-6,8,15,21H,3,20H2,1-2H3,(H,22,23). The Kier molecular flexibility index (Phi) is 3.10. The highest BCUT2D eigenvalue weighted by atomic mass is 16.5. The van der Waals surface area contributed by atoms with Gasteiger partial charge in [0.1, 0.15) is 11.6 Å². The first-order chi connectivity index (χ1) is 11.7. The summed E-state index contributed by atoms with van der Waals surface area (Å²) in [6.07, 6.45) is 2.89. The number of nitrogens with two attached hydrogens (primary N) is 1. The van der Waals surface area contributed by atoms with Gasteiger partial charge in [0, 0.05) is 28.4 Å². The Bertz CT molecular complexity index is 1020. The number of nitriles is 1. The summed E-state index contributed by atoms with van der Waals surface area (Å²) in [6.45, 7) is 4.05. The molecule has 24 heavy (non-hydrogen) atoms. The van der Waals surface area contributed by atoms with Crippen molar-refractivity contribution < 1.29 is 4.74 Å². The number of allylic oxidation sites excluding steroid dienone is 1. The van der Waals surface area contributed by atoms with E-state index in [9.17, 15) is 5.26 Å². The Labute approximate surface area is 138 Å². The highest BCUT2D eigenvalue weighted by Crippen LogP contribution is 2.44. The van der Waals surface area contributed by atoms with Crippen LogP contribution in [0.2, 0.25) is 0 Å². The Morgan fingerprint density at radius 1 is 1.42 bits per heavy atom. The summed E-state index contributed by atoms with van der Waals surface area (Å²) in [4.78, 5) is 3.36. The van der Waals surface area contributed by atoms with Gasteiger partial charge in [-0.1, -0.05) is 25.1 Å². The highest BCUT2D eigenvalue weighted by molar-refractivity contribution is 5.88. The van der Waals surface area contributed by atoms with Gasteiger partial charge in [-0.25, -0.2) is 0 Å².